The van der Waals surface area contributed by atoms with Gasteiger partial charge < -0.3 is 5.11 Å². The van der Waals surface area contributed by atoms with Crippen LogP contribution in [0.2, 0.25) is 25.7 Å². The van der Waals surface area contributed by atoms with Crippen molar-refractivity contribution in [3.63, 3.8) is 0 Å². The minimum absolute atomic E-state index is 0.303. The summed E-state index contributed by atoms with van der Waals surface area (Å²) in [6.45, 7) is 6.71. The van der Waals surface area contributed by atoms with Crippen LogP contribution in [0.1, 0.15) is 23.7 Å². The van der Waals surface area contributed by atoms with Crippen molar-refractivity contribution in [2.45, 2.75) is 44.4 Å². The summed E-state index contributed by atoms with van der Waals surface area (Å²) in [5.74, 6) is 0. The molecule has 0 saturated heterocycles. The number of halogens is 3. The quantitative estimate of drug-likeness (QED) is 0.598. The molecule has 0 saturated carbocycles. The number of aliphatic hydroxyl groups is 1. The molecule has 0 amide bonds. The summed E-state index contributed by atoms with van der Waals surface area (Å²) in [4.78, 5) is 0. The molecule has 0 fully saturated rings. The fraction of sp³-hybridized carbons (Fsp3) is 0.467. The fourth-order valence-electron chi connectivity index (χ4n) is 1.72. The van der Waals surface area contributed by atoms with Crippen LogP contribution in [0.3, 0.4) is 0 Å². The Kier molecular flexibility index (Phi) is 5.59. The van der Waals surface area contributed by atoms with Gasteiger partial charge in [-0.15, -0.1) is 0 Å². The first-order valence-electron chi connectivity index (χ1n) is 6.60. The third kappa shape index (κ3) is 5.92. The van der Waals surface area contributed by atoms with E-state index in [-0.39, 0.29) is 0 Å². The van der Waals surface area contributed by atoms with Gasteiger partial charge in [0.2, 0.25) is 0 Å². The van der Waals surface area contributed by atoms with Crippen LogP contribution in [0.4, 0.5) is 13.2 Å². The van der Waals surface area contributed by atoms with Crippen LogP contribution in [-0.2, 0) is 6.18 Å². The van der Waals surface area contributed by atoms with Gasteiger partial charge in [0.05, 0.1) is 11.7 Å². The smallest absolute Gasteiger partial charge is 0.388 e. The Hall–Kier alpha value is -1.07. The van der Waals surface area contributed by atoms with Crippen molar-refractivity contribution >= 4 is 8.07 Å². The average molecular weight is 302 g/mol. The third-order valence-electron chi connectivity index (χ3n) is 2.85. The van der Waals surface area contributed by atoms with Crippen LogP contribution >= 0.6 is 0 Å². The van der Waals surface area contributed by atoms with Crippen molar-refractivity contribution in [3.8, 4) is 0 Å². The number of benzene rings is 1. The molecule has 0 aliphatic carbocycles. The van der Waals surface area contributed by atoms with Crippen LogP contribution < -0.4 is 0 Å². The molecular formula is C15H21F3OSi. The molecule has 5 heteroatoms. The van der Waals surface area contributed by atoms with Gasteiger partial charge in [-0.2, -0.15) is 13.2 Å². The maximum absolute atomic E-state index is 12.6. The lowest BCUT2D eigenvalue weighted by Gasteiger charge is -2.13. The Bertz CT molecular complexity index is 461. The predicted octanol–water partition coefficient (Wildman–Crippen LogP) is 5.02. The number of aliphatic hydroxyl groups excluding tert-OH is 1. The normalized spacial score (nSPS) is 14.8. The highest BCUT2D eigenvalue weighted by Crippen LogP contribution is 2.31. The first-order chi connectivity index (χ1) is 9.09. The summed E-state index contributed by atoms with van der Waals surface area (Å²) in [6.07, 6.45) is -1.06. The van der Waals surface area contributed by atoms with Crippen LogP contribution in [0.15, 0.2) is 36.4 Å². The van der Waals surface area contributed by atoms with Crippen molar-refractivity contribution in [3.05, 3.63) is 47.5 Å². The first kappa shape index (κ1) is 17.0. The van der Waals surface area contributed by atoms with Crippen molar-refractivity contribution in [2.75, 3.05) is 0 Å². The highest BCUT2D eigenvalue weighted by atomic mass is 28.3. The number of alkyl halides is 3. The van der Waals surface area contributed by atoms with E-state index in [0.717, 1.165) is 18.2 Å². The van der Waals surface area contributed by atoms with E-state index in [1.54, 1.807) is 0 Å². The van der Waals surface area contributed by atoms with Crippen LogP contribution in [-0.4, -0.2) is 13.2 Å². The molecule has 112 valence electrons. The summed E-state index contributed by atoms with van der Waals surface area (Å²) < 4.78 is 37.7. The van der Waals surface area contributed by atoms with Gasteiger partial charge in [-0.05, 0) is 30.2 Å². The van der Waals surface area contributed by atoms with E-state index >= 15 is 0 Å². The molecule has 1 aromatic carbocycles. The Morgan fingerprint density at radius 3 is 2.40 bits per heavy atom. The summed E-state index contributed by atoms with van der Waals surface area (Å²) >= 11 is 0. The first-order valence-corrected chi connectivity index (χ1v) is 10.3. The largest absolute Gasteiger partial charge is 0.416 e. The van der Waals surface area contributed by atoms with E-state index in [1.165, 1.54) is 12.1 Å². The Labute approximate surface area is 119 Å². The fourth-order valence-corrected chi connectivity index (χ4v) is 2.59. The standard InChI is InChI=1S/C15H21F3OSi/c1-20(2,3)10-5-4-9-14(19)12-7-6-8-13(11-12)15(16,17)18/h4-8,11,14,19H,9-10H2,1-3H3/b5-4-. The zero-order valence-electron chi connectivity index (χ0n) is 12.0. The topological polar surface area (TPSA) is 20.2 Å². The molecule has 0 aliphatic rings. The molecule has 0 spiro atoms. The number of hydrogen-bond acceptors (Lipinski definition) is 1. The van der Waals surface area contributed by atoms with Gasteiger partial charge in [-0.3, -0.25) is 0 Å². The maximum atomic E-state index is 12.6. The maximum Gasteiger partial charge on any atom is 0.416 e. The molecular weight excluding hydrogens is 281 g/mol. The lowest BCUT2D eigenvalue weighted by Crippen LogP contribution is -2.17. The summed E-state index contributed by atoms with van der Waals surface area (Å²) in [6, 6.07) is 5.87. The zero-order chi connectivity index (χ0) is 15.4. The van der Waals surface area contributed by atoms with Crippen LogP contribution in [0.25, 0.3) is 0 Å². The molecule has 0 bridgehead atoms. The van der Waals surface area contributed by atoms with Crippen molar-refractivity contribution in [1.82, 2.24) is 0 Å². The molecule has 20 heavy (non-hydrogen) atoms. The van der Waals surface area contributed by atoms with Crippen LogP contribution in [0.5, 0.6) is 0 Å². The number of rotatable bonds is 5. The molecule has 1 aromatic rings. The Balaban J connectivity index is 2.67. The van der Waals surface area contributed by atoms with Crippen molar-refractivity contribution < 1.29 is 18.3 Å². The van der Waals surface area contributed by atoms with Gasteiger partial charge in [0, 0.05) is 8.07 Å². The molecule has 1 rings (SSSR count). The average Bonchev–Trinajstić information content (AvgIpc) is 2.32. The van der Waals surface area contributed by atoms with E-state index in [9.17, 15) is 18.3 Å². The predicted molar refractivity (Wildman–Crippen MR) is 78.3 cm³/mol. The summed E-state index contributed by atoms with van der Waals surface area (Å²) in [5.41, 5.74) is -0.419. The Morgan fingerprint density at radius 1 is 1.20 bits per heavy atom. The van der Waals surface area contributed by atoms with Crippen molar-refractivity contribution in [1.29, 1.82) is 0 Å². The highest BCUT2D eigenvalue weighted by Gasteiger charge is 2.30. The van der Waals surface area contributed by atoms with E-state index in [0.29, 0.717) is 12.0 Å². The number of allylic oxidation sites excluding steroid dienone is 1. The monoisotopic (exact) mass is 302 g/mol. The number of hydrogen-bond donors (Lipinski definition) is 1. The SMILES string of the molecule is C[Si](C)(C)C/C=C\CC(O)c1cccc(C(F)(F)F)c1. The minimum Gasteiger partial charge on any atom is -0.388 e. The van der Waals surface area contributed by atoms with Gasteiger partial charge in [0.25, 0.3) is 0 Å². The molecule has 0 aromatic heterocycles. The summed E-state index contributed by atoms with van der Waals surface area (Å²) in [5, 5.41) is 9.93. The lowest BCUT2D eigenvalue weighted by molar-refractivity contribution is -0.137. The molecule has 0 heterocycles. The van der Waals surface area contributed by atoms with Gasteiger partial charge in [-0.1, -0.05) is 43.9 Å². The van der Waals surface area contributed by atoms with E-state index in [2.05, 4.69) is 19.6 Å². The third-order valence-corrected chi connectivity index (χ3v) is 4.32. The molecule has 1 N–H and O–H groups in total. The second-order valence-corrected chi connectivity index (χ2v) is 11.6. The van der Waals surface area contributed by atoms with Gasteiger partial charge in [0.1, 0.15) is 0 Å². The van der Waals surface area contributed by atoms with E-state index < -0.39 is 25.9 Å². The van der Waals surface area contributed by atoms with E-state index in [4.69, 9.17) is 0 Å². The van der Waals surface area contributed by atoms with E-state index in [1.807, 2.05) is 12.2 Å². The molecule has 1 nitrogen and oxygen atoms in total. The molecule has 0 aliphatic heterocycles. The second-order valence-electron chi connectivity index (χ2n) is 6.11. The molecule has 0 radical (unpaired) electrons. The molecule has 1 atom stereocenters. The van der Waals surface area contributed by atoms with Gasteiger partial charge in [-0.25, -0.2) is 0 Å². The highest BCUT2D eigenvalue weighted by molar-refractivity contribution is 6.76. The molecule has 1 unspecified atom stereocenters. The summed E-state index contributed by atoms with van der Waals surface area (Å²) in [7, 11) is -1.16. The van der Waals surface area contributed by atoms with Crippen LogP contribution in [0, 0.1) is 0 Å². The van der Waals surface area contributed by atoms with Crippen molar-refractivity contribution in [2.24, 2.45) is 0 Å². The Morgan fingerprint density at radius 2 is 1.85 bits per heavy atom. The minimum atomic E-state index is -4.37. The zero-order valence-corrected chi connectivity index (χ0v) is 13.0. The van der Waals surface area contributed by atoms with Gasteiger partial charge in [0.15, 0.2) is 0 Å². The van der Waals surface area contributed by atoms with Gasteiger partial charge >= 0.3 is 6.18 Å². The lowest BCUT2D eigenvalue weighted by atomic mass is 10.0. The second kappa shape index (κ2) is 6.59.